The van der Waals surface area contributed by atoms with E-state index in [1.54, 1.807) is 0 Å². The molecule has 3 unspecified atom stereocenters. The van der Waals surface area contributed by atoms with E-state index < -0.39 is 0 Å². The van der Waals surface area contributed by atoms with Crippen LogP contribution in [0.4, 0.5) is 0 Å². The van der Waals surface area contributed by atoms with Crippen molar-refractivity contribution < 1.29 is 0 Å². The molecule has 1 aliphatic rings. The molecule has 1 aromatic carbocycles. The lowest BCUT2D eigenvalue weighted by atomic mass is 9.86. The lowest BCUT2D eigenvalue weighted by molar-refractivity contribution is 0.589. The summed E-state index contributed by atoms with van der Waals surface area (Å²) in [6.07, 6.45) is 1.37. The predicted octanol–water partition coefficient (Wildman–Crippen LogP) is 5.08. The molecule has 2 rings (SSSR count). The van der Waals surface area contributed by atoms with Crippen LogP contribution in [0.25, 0.3) is 0 Å². The summed E-state index contributed by atoms with van der Waals surface area (Å²) in [6.45, 7) is 9.12. The Bertz CT molecular complexity index is 358. The third kappa shape index (κ3) is 2.51. The molecule has 0 radical (unpaired) electrons. The molecule has 1 aromatic rings. The summed E-state index contributed by atoms with van der Waals surface area (Å²) in [5.74, 6) is 1.74. The Kier molecular flexibility index (Phi) is 3.18. The van der Waals surface area contributed by atoms with E-state index in [2.05, 4.69) is 67.9 Å². The Labute approximate surface area is 108 Å². The molecule has 0 bridgehead atoms. The molecule has 0 spiro atoms. The summed E-state index contributed by atoms with van der Waals surface area (Å²) >= 11 is 3.83. The van der Waals surface area contributed by atoms with Gasteiger partial charge in [-0.05, 0) is 34.8 Å². The van der Waals surface area contributed by atoms with Crippen LogP contribution in [0.3, 0.4) is 0 Å². The first kappa shape index (κ1) is 12.2. The van der Waals surface area contributed by atoms with Crippen LogP contribution in [0.15, 0.2) is 24.3 Å². The molecule has 0 amide bonds. The van der Waals surface area contributed by atoms with Crippen molar-refractivity contribution in [3.8, 4) is 0 Å². The first-order valence-electron chi connectivity index (χ1n) is 6.14. The summed E-state index contributed by atoms with van der Waals surface area (Å²) in [5, 5.41) is 0. The molecular weight excluding hydrogens is 260 g/mol. The molecule has 0 saturated heterocycles. The van der Waals surface area contributed by atoms with Crippen molar-refractivity contribution in [1.82, 2.24) is 0 Å². The van der Waals surface area contributed by atoms with Crippen LogP contribution in [0.1, 0.15) is 50.1 Å². The van der Waals surface area contributed by atoms with Gasteiger partial charge in [-0.25, -0.2) is 0 Å². The van der Waals surface area contributed by atoms with Crippen LogP contribution in [0.5, 0.6) is 0 Å². The minimum atomic E-state index is 0.257. The molecule has 0 aliphatic heterocycles. The minimum absolute atomic E-state index is 0.257. The van der Waals surface area contributed by atoms with E-state index >= 15 is 0 Å². The van der Waals surface area contributed by atoms with Crippen LogP contribution in [0, 0.1) is 11.8 Å². The normalized spacial score (nSPS) is 26.6. The predicted molar refractivity (Wildman–Crippen MR) is 74.1 cm³/mol. The standard InChI is InChI=1S/C15H21Br/c1-10-9-13(10)14(16)11-5-7-12(8-6-11)15(2,3)4/h5-8,10,13-14H,9H2,1-4H3. The van der Waals surface area contributed by atoms with Crippen LogP contribution in [-0.2, 0) is 5.41 Å². The van der Waals surface area contributed by atoms with Gasteiger partial charge in [-0.3, -0.25) is 0 Å². The zero-order valence-corrected chi connectivity index (χ0v) is 12.2. The van der Waals surface area contributed by atoms with Crippen LogP contribution < -0.4 is 0 Å². The molecule has 1 fully saturated rings. The number of benzene rings is 1. The second-order valence-electron chi connectivity index (χ2n) is 6.15. The molecule has 1 aliphatic carbocycles. The fourth-order valence-corrected chi connectivity index (χ4v) is 3.21. The summed E-state index contributed by atoms with van der Waals surface area (Å²) in [6, 6.07) is 9.11. The molecule has 0 N–H and O–H groups in total. The van der Waals surface area contributed by atoms with Gasteiger partial charge >= 0.3 is 0 Å². The van der Waals surface area contributed by atoms with Crippen LogP contribution in [-0.4, -0.2) is 0 Å². The lowest BCUT2D eigenvalue weighted by Crippen LogP contribution is -2.10. The summed E-state index contributed by atoms with van der Waals surface area (Å²) in [7, 11) is 0. The quantitative estimate of drug-likeness (QED) is 0.663. The maximum absolute atomic E-state index is 3.83. The van der Waals surface area contributed by atoms with Gasteiger partial charge in [0.2, 0.25) is 0 Å². The van der Waals surface area contributed by atoms with Gasteiger partial charge in [0.25, 0.3) is 0 Å². The fourth-order valence-electron chi connectivity index (χ4n) is 2.17. The molecule has 16 heavy (non-hydrogen) atoms. The van der Waals surface area contributed by atoms with Crippen molar-refractivity contribution in [3.63, 3.8) is 0 Å². The van der Waals surface area contributed by atoms with E-state index in [0.29, 0.717) is 4.83 Å². The molecule has 1 heteroatoms. The Balaban J connectivity index is 2.13. The highest BCUT2D eigenvalue weighted by Gasteiger charge is 2.38. The highest BCUT2D eigenvalue weighted by Crippen LogP contribution is 2.51. The van der Waals surface area contributed by atoms with Crippen molar-refractivity contribution in [2.45, 2.75) is 44.4 Å². The molecule has 88 valence electrons. The van der Waals surface area contributed by atoms with Gasteiger partial charge in [-0.1, -0.05) is 67.9 Å². The average Bonchev–Trinajstić information content (AvgIpc) is 2.93. The van der Waals surface area contributed by atoms with E-state index in [1.807, 2.05) is 0 Å². The average molecular weight is 281 g/mol. The van der Waals surface area contributed by atoms with Gasteiger partial charge in [0, 0.05) is 4.83 Å². The summed E-state index contributed by atoms with van der Waals surface area (Å²) in [5.41, 5.74) is 3.11. The SMILES string of the molecule is CC1CC1C(Br)c1ccc(C(C)(C)C)cc1. The van der Waals surface area contributed by atoms with E-state index in [9.17, 15) is 0 Å². The molecular formula is C15H21Br. The van der Waals surface area contributed by atoms with Gasteiger partial charge in [0.1, 0.15) is 0 Å². The van der Waals surface area contributed by atoms with Crippen molar-refractivity contribution >= 4 is 15.9 Å². The van der Waals surface area contributed by atoms with Gasteiger partial charge < -0.3 is 0 Å². The van der Waals surface area contributed by atoms with Crippen LogP contribution in [0.2, 0.25) is 0 Å². The Morgan fingerprint density at radius 1 is 1.19 bits per heavy atom. The zero-order chi connectivity index (χ0) is 11.9. The molecule has 3 atom stereocenters. The number of rotatable bonds is 2. The van der Waals surface area contributed by atoms with Gasteiger partial charge in [-0.2, -0.15) is 0 Å². The Hall–Kier alpha value is -0.300. The minimum Gasteiger partial charge on any atom is -0.0836 e. The van der Waals surface area contributed by atoms with E-state index in [4.69, 9.17) is 0 Å². The highest BCUT2D eigenvalue weighted by molar-refractivity contribution is 9.09. The monoisotopic (exact) mass is 280 g/mol. The van der Waals surface area contributed by atoms with Crippen molar-refractivity contribution in [3.05, 3.63) is 35.4 Å². The van der Waals surface area contributed by atoms with Crippen molar-refractivity contribution in [1.29, 1.82) is 0 Å². The lowest BCUT2D eigenvalue weighted by Gasteiger charge is -2.20. The Morgan fingerprint density at radius 2 is 1.69 bits per heavy atom. The fraction of sp³-hybridized carbons (Fsp3) is 0.600. The molecule has 0 aromatic heterocycles. The number of hydrogen-bond acceptors (Lipinski definition) is 0. The molecule has 1 saturated carbocycles. The first-order valence-corrected chi connectivity index (χ1v) is 7.05. The maximum atomic E-state index is 3.83. The van der Waals surface area contributed by atoms with Gasteiger partial charge in [-0.15, -0.1) is 0 Å². The highest BCUT2D eigenvalue weighted by atomic mass is 79.9. The number of alkyl halides is 1. The van der Waals surface area contributed by atoms with Gasteiger partial charge in [0.05, 0.1) is 0 Å². The van der Waals surface area contributed by atoms with Gasteiger partial charge in [0.15, 0.2) is 0 Å². The maximum Gasteiger partial charge on any atom is 0.0426 e. The third-order valence-corrected chi connectivity index (χ3v) is 4.85. The second kappa shape index (κ2) is 4.18. The van der Waals surface area contributed by atoms with Crippen molar-refractivity contribution in [2.75, 3.05) is 0 Å². The van der Waals surface area contributed by atoms with E-state index in [-0.39, 0.29) is 5.41 Å². The number of halogens is 1. The smallest absolute Gasteiger partial charge is 0.0426 e. The van der Waals surface area contributed by atoms with Crippen LogP contribution >= 0.6 is 15.9 Å². The summed E-state index contributed by atoms with van der Waals surface area (Å²) < 4.78 is 0. The number of hydrogen-bond donors (Lipinski definition) is 0. The van der Waals surface area contributed by atoms with E-state index in [1.165, 1.54) is 17.5 Å². The molecule has 0 nitrogen and oxygen atoms in total. The zero-order valence-electron chi connectivity index (χ0n) is 10.6. The molecule has 0 heterocycles. The largest absolute Gasteiger partial charge is 0.0836 e. The third-order valence-electron chi connectivity index (χ3n) is 3.64. The second-order valence-corrected chi connectivity index (χ2v) is 7.14. The van der Waals surface area contributed by atoms with E-state index in [0.717, 1.165) is 11.8 Å². The van der Waals surface area contributed by atoms with Crippen molar-refractivity contribution in [2.24, 2.45) is 11.8 Å². The Morgan fingerprint density at radius 3 is 2.06 bits per heavy atom. The first-order chi connectivity index (χ1) is 7.39. The topological polar surface area (TPSA) is 0 Å². The summed E-state index contributed by atoms with van der Waals surface area (Å²) in [4.78, 5) is 0.552.